The summed E-state index contributed by atoms with van der Waals surface area (Å²) < 4.78 is 0. The number of hydrogen-bond acceptors (Lipinski definition) is 6. The Morgan fingerprint density at radius 1 is 1.43 bits per heavy atom. The average molecular weight is 319 g/mol. The molecule has 0 amide bonds. The van der Waals surface area contributed by atoms with Crippen molar-refractivity contribution in [1.82, 2.24) is 25.0 Å². The molecule has 0 unspecified atom stereocenters. The number of nitrogens with zero attached hydrogens (tertiary/aromatic N) is 5. The minimum atomic E-state index is 0.279. The number of nitrogens with one attached hydrogen (secondary N) is 1. The Morgan fingerprint density at radius 2 is 2.30 bits per heavy atom. The molecule has 1 saturated heterocycles. The van der Waals surface area contributed by atoms with Crippen LogP contribution in [0.25, 0.3) is 0 Å². The van der Waals surface area contributed by atoms with Crippen LogP contribution in [0.1, 0.15) is 30.5 Å². The van der Waals surface area contributed by atoms with Gasteiger partial charge in [0.1, 0.15) is 0 Å². The van der Waals surface area contributed by atoms with Crippen LogP contribution in [0.5, 0.6) is 0 Å². The van der Waals surface area contributed by atoms with Gasteiger partial charge in [-0.15, -0.1) is 0 Å². The Labute approximate surface area is 138 Å². The molecule has 3 heterocycles. The van der Waals surface area contributed by atoms with Crippen molar-refractivity contribution >= 4 is 6.21 Å². The third-order valence-corrected chi connectivity index (χ3v) is 4.72. The summed E-state index contributed by atoms with van der Waals surface area (Å²) in [6.07, 6.45) is 7.21. The summed E-state index contributed by atoms with van der Waals surface area (Å²) in [6, 6.07) is 0.830. The molecule has 0 saturated carbocycles. The highest BCUT2D eigenvalue weighted by molar-refractivity contribution is 5.56. The lowest BCUT2D eigenvalue weighted by molar-refractivity contribution is 0.0838. The molecule has 0 bridgehead atoms. The van der Waals surface area contributed by atoms with Gasteiger partial charge in [0.2, 0.25) is 0 Å². The van der Waals surface area contributed by atoms with Gasteiger partial charge in [0.05, 0.1) is 11.9 Å². The van der Waals surface area contributed by atoms with Crippen molar-refractivity contribution < 1.29 is 0 Å². The van der Waals surface area contributed by atoms with Crippen LogP contribution in [0.2, 0.25) is 0 Å². The van der Waals surface area contributed by atoms with Crippen molar-refractivity contribution in [2.24, 2.45) is 10.8 Å². The second-order valence-corrected chi connectivity index (χ2v) is 6.98. The van der Waals surface area contributed by atoms with Crippen LogP contribution >= 0.6 is 0 Å². The molecule has 7 heteroatoms. The summed E-state index contributed by atoms with van der Waals surface area (Å²) in [5, 5.41) is 13.3. The summed E-state index contributed by atoms with van der Waals surface area (Å²) in [6.45, 7) is 5.23. The summed E-state index contributed by atoms with van der Waals surface area (Å²) in [7, 11) is 3.90. The van der Waals surface area contributed by atoms with E-state index in [0.29, 0.717) is 6.04 Å². The van der Waals surface area contributed by atoms with E-state index in [0.717, 1.165) is 52.0 Å². The molecular weight excluding hydrogens is 290 g/mol. The smallest absolute Gasteiger partial charge is 0.0537 e. The fraction of sp³-hybridized carbons (Fsp3) is 0.750. The monoisotopic (exact) mass is 319 g/mol. The molecule has 0 aliphatic carbocycles. The van der Waals surface area contributed by atoms with Gasteiger partial charge in [-0.3, -0.25) is 10.00 Å². The van der Waals surface area contributed by atoms with Gasteiger partial charge in [0, 0.05) is 64.1 Å². The van der Waals surface area contributed by atoms with Gasteiger partial charge in [-0.1, -0.05) is 0 Å². The lowest BCUT2D eigenvalue weighted by Gasteiger charge is -2.40. The van der Waals surface area contributed by atoms with Gasteiger partial charge in [0.25, 0.3) is 0 Å². The molecule has 0 radical (unpaired) electrons. The zero-order valence-corrected chi connectivity index (χ0v) is 14.3. The number of hydrogen-bond donors (Lipinski definition) is 2. The largest absolute Gasteiger partial charge is 0.326 e. The van der Waals surface area contributed by atoms with Gasteiger partial charge in [0.15, 0.2) is 0 Å². The maximum absolute atomic E-state index is 6.31. The average Bonchev–Trinajstić information content (AvgIpc) is 3.07. The van der Waals surface area contributed by atoms with Gasteiger partial charge >= 0.3 is 0 Å². The molecule has 0 spiro atoms. The minimum absolute atomic E-state index is 0.279. The molecule has 7 nitrogen and oxygen atoms in total. The molecule has 2 aliphatic rings. The van der Waals surface area contributed by atoms with E-state index in [1.54, 1.807) is 0 Å². The van der Waals surface area contributed by atoms with E-state index in [4.69, 9.17) is 5.73 Å². The summed E-state index contributed by atoms with van der Waals surface area (Å²) >= 11 is 0. The number of piperidine rings is 1. The fourth-order valence-electron chi connectivity index (χ4n) is 3.62. The number of aromatic nitrogens is 2. The van der Waals surface area contributed by atoms with Crippen LogP contribution < -0.4 is 5.73 Å². The first kappa shape index (κ1) is 16.4. The number of likely N-dealkylation sites (tertiary alicyclic amines) is 1. The maximum Gasteiger partial charge on any atom is 0.0537 e. The standard InChI is InChI=1S/C16H29N7/c1-21(2)19-5-3-4-6-22-10-14(17)7-15(11-22)23-9-13-8-18-20-16(13)12-23/h5,8,14-15H,3-4,6-7,9-12,17H2,1-2H3,(H,18,20)/b19-5-/t14-,15+/m0/s1. The summed E-state index contributed by atoms with van der Waals surface area (Å²) in [5.41, 5.74) is 8.93. The van der Waals surface area contributed by atoms with E-state index in [9.17, 15) is 0 Å². The second kappa shape index (κ2) is 7.42. The van der Waals surface area contributed by atoms with Crippen LogP contribution in [0, 0.1) is 0 Å². The number of fused-ring (bicyclic) bond motifs is 1. The molecule has 1 aromatic heterocycles. The van der Waals surface area contributed by atoms with Crippen molar-refractivity contribution in [1.29, 1.82) is 0 Å². The molecule has 1 aromatic rings. The van der Waals surface area contributed by atoms with Crippen LogP contribution in [0.15, 0.2) is 11.3 Å². The SMILES string of the molecule is CN(C)/N=C\CCCN1C[C@@H](N)C[C@@H](N2Cc3cn[nH]c3C2)C1. The topological polar surface area (TPSA) is 76.8 Å². The van der Waals surface area contributed by atoms with E-state index >= 15 is 0 Å². The summed E-state index contributed by atoms with van der Waals surface area (Å²) in [4.78, 5) is 5.07. The zero-order chi connectivity index (χ0) is 16.2. The molecular formula is C16H29N7. The highest BCUT2D eigenvalue weighted by Crippen LogP contribution is 2.26. The Morgan fingerprint density at radius 3 is 3.09 bits per heavy atom. The quantitative estimate of drug-likeness (QED) is 0.452. The fourth-order valence-corrected chi connectivity index (χ4v) is 3.62. The van der Waals surface area contributed by atoms with Crippen molar-refractivity contribution in [3.63, 3.8) is 0 Å². The van der Waals surface area contributed by atoms with E-state index in [1.165, 1.54) is 11.3 Å². The van der Waals surface area contributed by atoms with E-state index in [1.807, 2.05) is 31.5 Å². The molecule has 2 atom stereocenters. The van der Waals surface area contributed by atoms with Gasteiger partial charge in [-0.25, -0.2) is 0 Å². The highest BCUT2D eigenvalue weighted by atomic mass is 15.4. The second-order valence-electron chi connectivity index (χ2n) is 6.98. The number of nitrogens with two attached hydrogens (primary N) is 1. The first-order valence-electron chi connectivity index (χ1n) is 8.54. The third kappa shape index (κ3) is 4.31. The predicted octanol–water partition coefficient (Wildman–Crippen LogP) is 0.455. The van der Waals surface area contributed by atoms with Crippen molar-refractivity contribution in [3.05, 3.63) is 17.5 Å². The van der Waals surface area contributed by atoms with Crippen LogP contribution in [-0.4, -0.2) is 77.0 Å². The number of hydrazone groups is 1. The first-order chi connectivity index (χ1) is 11.1. The minimum Gasteiger partial charge on any atom is -0.326 e. The summed E-state index contributed by atoms with van der Waals surface area (Å²) in [5.74, 6) is 0. The third-order valence-electron chi connectivity index (χ3n) is 4.72. The van der Waals surface area contributed by atoms with E-state index < -0.39 is 0 Å². The Balaban J connectivity index is 1.46. The Hall–Kier alpha value is -1.44. The number of unbranched alkanes of at least 4 members (excludes halogenated alkanes) is 1. The predicted molar refractivity (Wildman–Crippen MR) is 92.1 cm³/mol. The molecule has 23 heavy (non-hydrogen) atoms. The van der Waals surface area contributed by atoms with Crippen LogP contribution in [0.3, 0.4) is 0 Å². The van der Waals surface area contributed by atoms with E-state index in [2.05, 4.69) is 25.1 Å². The van der Waals surface area contributed by atoms with Crippen LogP contribution in [0.4, 0.5) is 0 Å². The Kier molecular flexibility index (Phi) is 5.30. The van der Waals surface area contributed by atoms with Gasteiger partial charge < -0.3 is 15.6 Å². The van der Waals surface area contributed by atoms with Gasteiger partial charge in [-0.2, -0.15) is 10.2 Å². The zero-order valence-electron chi connectivity index (χ0n) is 14.3. The van der Waals surface area contributed by atoms with Crippen molar-refractivity contribution in [3.8, 4) is 0 Å². The molecule has 128 valence electrons. The molecule has 2 aliphatic heterocycles. The van der Waals surface area contributed by atoms with Crippen molar-refractivity contribution in [2.45, 2.75) is 44.4 Å². The number of aromatic amines is 1. The first-order valence-corrected chi connectivity index (χ1v) is 8.54. The molecule has 0 aromatic carbocycles. The van der Waals surface area contributed by atoms with Gasteiger partial charge in [-0.05, 0) is 25.8 Å². The molecule has 3 rings (SSSR count). The maximum atomic E-state index is 6.31. The number of rotatable bonds is 6. The normalized spacial score (nSPS) is 26.0. The number of H-pyrrole nitrogens is 1. The Bertz CT molecular complexity index is 504. The molecule has 3 N–H and O–H groups in total. The lowest BCUT2D eigenvalue weighted by atomic mass is 10.00. The van der Waals surface area contributed by atoms with Crippen molar-refractivity contribution in [2.75, 3.05) is 33.7 Å². The molecule has 1 fully saturated rings. The lowest BCUT2D eigenvalue weighted by Crippen LogP contribution is -2.54. The highest BCUT2D eigenvalue weighted by Gasteiger charge is 2.32. The van der Waals surface area contributed by atoms with E-state index in [-0.39, 0.29) is 6.04 Å². The van der Waals surface area contributed by atoms with Crippen LogP contribution in [-0.2, 0) is 13.1 Å².